The highest BCUT2D eigenvalue weighted by Crippen LogP contribution is 2.26. The maximum Gasteiger partial charge on any atom is 0.315 e. The molecule has 0 spiro atoms. The Morgan fingerprint density at radius 2 is 1.91 bits per heavy atom. The Bertz CT molecular complexity index is 341. The molecule has 0 radical (unpaired) electrons. The number of rotatable bonds is 7. The molecule has 0 aromatic carbocycles. The number of carbonyl (C=O) groups is 1. The molecule has 0 bridgehead atoms. The Labute approximate surface area is 134 Å². The first-order valence-electron chi connectivity index (χ1n) is 9.10. The lowest BCUT2D eigenvalue weighted by Crippen LogP contribution is -2.46. The van der Waals surface area contributed by atoms with E-state index in [0.717, 1.165) is 38.4 Å². The number of carbonyl (C=O) groups excluding carboxylic acids is 1. The molecule has 1 aliphatic heterocycles. The number of aliphatic hydroxyl groups is 1. The van der Waals surface area contributed by atoms with Crippen LogP contribution in [0.2, 0.25) is 0 Å². The highest BCUT2D eigenvalue weighted by molar-refractivity contribution is 5.74. The van der Waals surface area contributed by atoms with Gasteiger partial charge in [-0.15, -0.1) is 0 Å². The Hall–Kier alpha value is -0.810. The summed E-state index contributed by atoms with van der Waals surface area (Å²) < 4.78 is 0. The molecule has 1 heterocycles. The van der Waals surface area contributed by atoms with E-state index >= 15 is 0 Å². The number of amides is 2. The van der Waals surface area contributed by atoms with Gasteiger partial charge >= 0.3 is 6.03 Å². The van der Waals surface area contributed by atoms with Crippen LogP contribution >= 0.6 is 0 Å². The average molecular weight is 311 g/mol. The van der Waals surface area contributed by atoms with Crippen LogP contribution in [0.1, 0.15) is 58.8 Å². The summed E-state index contributed by atoms with van der Waals surface area (Å²) in [5, 5.41) is 15.9. The fraction of sp³-hybridized carbons (Fsp3) is 0.941. The zero-order valence-electron chi connectivity index (χ0n) is 14.2. The van der Waals surface area contributed by atoms with Gasteiger partial charge in [-0.2, -0.15) is 0 Å². The topological polar surface area (TPSA) is 64.6 Å². The molecule has 1 aliphatic carbocycles. The van der Waals surface area contributed by atoms with E-state index in [2.05, 4.69) is 29.4 Å². The minimum atomic E-state index is -0.445. The van der Waals surface area contributed by atoms with Crippen LogP contribution in [0.15, 0.2) is 0 Å². The monoisotopic (exact) mass is 311 g/mol. The normalized spacial score (nSPS) is 24.8. The van der Waals surface area contributed by atoms with Crippen LogP contribution in [0.3, 0.4) is 0 Å². The summed E-state index contributed by atoms with van der Waals surface area (Å²) in [6, 6.07) is 0.862. The molecule has 5 nitrogen and oxygen atoms in total. The van der Waals surface area contributed by atoms with Gasteiger partial charge < -0.3 is 15.7 Å². The molecule has 128 valence electrons. The van der Waals surface area contributed by atoms with E-state index in [1.807, 2.05) is 0 Å². The van der Waals surface area contributed by atoms with Crippen molar-refractivity contribution in [2.45, 2.75) is 77.0 Å². The molecule has 0 aromatic rings. The van der Waals surface area contributed by atoms with Gasteiger partial charge in [-0.1, -0.05) is 39.5 Å². The molecule has 3 N–H and O–H groups in total. The number of urea groups is 1. The molecule has 2 unspecified atom stereocenters. The zero-order valence-corrected chi connectivity index (χ0v) is 14.2. The third kappa shape index (κ3) is 4.85. The van der Waals surface area contributed by atoms with Crippen molar-refractivity contribution < 1.29 is 9.90 Å². The number of hydrogen-bond donors (Lipinski definition) is 3. The van der Waals surface area contributed by atoms with Crippen LogP contribution in [-0.4, -0.2) is 53.9 Å². The summed E-state index contributed by atoms with van der Waals surface area (Å²) in [5.74, 6) is 0.268. The minimum absolute atomic E-state index is 0.136. The molecule has 1 saturated heterocycles. The molecule has 22 heavy (non-hydrogen) atoms. The van der Waals surface area contributed by atoms with Gasteiger partial charge in [0.1, 0.15) is 0 Å². The Balaban J connectivity index is 1.65. The van der Waals surface area contributed by atoms with Crippen LogP contribution in [0, 0.1) is 5.92 Å². The second-order valence-electron chi connectivity index (χ2n) is 6.92. The van der Waals surface area contributed by atoms with E-state index in [9.17, 15) is 9.90 Å². The Morgan fingerprint density at radius 1 is 1.23 bits per heavy atom. The summed E-state index contributed by atoms with van der Waals surface area (Å²) in [5.41, 5.74) is 0. The second kappa shape index (κ2) is 8.73. The first-order valence-corrected chi connectivity index (χ1v) is 9.10. The van der Waals surface area contributed by atoms with Crippen LogP contribution in [-0.2, 0) is 0 Å². The van der Waals surface area contributed by atoms with Crippen molar-refractivity contribution in [2.75, 3.05) is 19.6 Å². The second-order valence-corrected chi connectivity index (χ2v) is 6.92. The van der Waals surface area contributed by atoms with Gasteiger partial charge in [0.25, 0.3) is 0 Å². The van der Waals surface area contributed by atoms with E-state index in [-0.39, 0.29) is 18.0 Å². The number of hydrogen-bond acceptors (Lipinski definition) is 3. The van der Waals surface area contributed by atoms with Crippen molar-refractivity contribution in [1.29, 1.82) is 0 Å². The number of nitrogens with one attached hydrogen (secondary N) is 2. The van der Waals surface area contributed by atoms with Crippen LogP contribution in [0.5, 0.6) is 0 Å². The van der Waals surface area contributed by atoms with Crippen molar-refractivity contribution in [3.63, 3.8) is 0 Å². The highest BCUT2D eigenvalue weighted by Gasteiger charge is 2.30. The van der Waals surface area contributed by atoms with Crippen molar-refractivity contribution in [1.82, 2.24) is 15.5 Å². The van der Waals surface area contributed by atoms with Crippen LogP contribution < -0.4 is 10.6 Å². The lowest BCUT2D eigenvalue weighted by atomic mass is 9.97. The summed E-state index contributed by atoms with van der Waals surface area (Å²) in [6.07, 6.45) is 7.83. The molecule has 1 saturated carbocycles. The van der Waals surface area contributed by atoms with Crippen molar-refractivity contribution >= 4 is 6.03 Å². The maximum atomic E-state index is 12.0. The summed E-state index contributed by atoms with van der Waals surface area (Å²) in [4.78, 5) is 14.5. The molecule has 2 rings (SSSR count). The molecule has 2 amide bonds. The standard InChI is InChI=1S/C17H33N3O2/c1-3-13(4-2)16(21)11-18-17(22)19-14-9-10-20(12-14)15-7-5-6-8-15/h13-16,21H,3-12H2,1-2H3,(H2,18,19,22). The number of aliphatic hydroxyl groups excluding tert-OH is 1. The third-order valence-electron chi connectivity index (χ3n) is 5.46. The summed E-state index contributed by atoms with van der Waals surface area (Å²) in [6.45, 7) is 6.58. The van der Waals surface area contributed by atoms with Gasteiger partial charge in [-0.3, -0.25) is 4.90 Å². The van der Waals surface area contributed by atoms with Crippen molar-refractivity contribution in [2.24, 2.45) is 5.92 Å². The maximum absolute atomic E-state index is 12.0. The lowest BCUT2D eigenvalue weighted by Gasteiger charge is -2.24. The number of likely N-dealkylation sites (tertiary alicyclic amines) is 1. The zero-order chi connectivity index (χ0) is 15.9. The first kappa shape index (κ1) is 17.5. The van der Waals surface area contributed by atoms with E-state index in [0.29, 0.717) is 6.54 Å². The molecule has 2 aliphatic rings. The molecule has 2 fully saturated rings. The largest absolute Gasteiger partial charge is 0.391 e. The Morgan fingerprint density at radius 3 is 2.55 bits per heavy atom. The van der Waals surface area contributed by atoms with Gasteiger partial charge in [-0.25, -0.2) is 4.79 Å². The van der Waals surface area contributed by atoms with Crippen molar-refractivity contribution in [3.8, 4) is 0 Å². The Kier molecular flexibility index (Phi) is 6.96. The van der Waals surface area contributed by atoms with Gasteiger partial charge in [0.05, 0.1) is 6.10 Å². The SMILES string of the molecule is CCC(CC)C(O)CNC(=O)NC1CCN(C2CCCC2)C1. The molecular weight excluding hydrogens is 278 g/mol. The number of nitrogens with zero attached hydrogens (tertiary/aromatic N) is 1. The minimum Gasteiger partial charge on any atom is -0.391 e. The fourth-order valence-electron chi connectivity index (χ4n) is 3.94. The molecule has 5 heteroatoms. The summed E-state index contributed by atoms with van der Waals surface area (Å²) >= 11 is 0. The third-order valence-corrected chi connectivity index (χ3v) is 5.46. The van der Waals surface area contributed by atoms with Gasteiger partial charge in [0, 0.05) is 31.7 Å². The molecule has 2 atom stereocenters. The van der Waals surface area contributed by atoms with Gasteiger partial charge in [0.2, 0.25) is 0 Å². The van der Waals surface area contributed by atoms with Crippen molar-refractivity contribution in [3.05, 3.63) is 0 Å². The van der Waals surface area contributed by atoms with E-state index in [4.69, 9.17) is 0 Å². The smallest absolute Gasteiger partial charge is 0.315 e. The fourth-order valence-corrected chi connectivity index (χ4v) is 3.94. The lowest BCUT2D eigenvalue weighted by molar-refractivity contribution is 0.103. The molecular formula is C17H33N3O2. The predicted molar refractivity (Wildman–Crippen MR) is 88.8 cm³/mol. The summed E-state index contributed by atoms with van der Waals surface area (Å²) in [7, 11) is 0. The highest BCUT2D eigenvalue weighted by atomic mass is 16.3. The van der Waals surface area contributed by atoms with Crippen LogP contribution in [0.4, 0.5) is 4.79 Å². The van der Waals surface area contributed by atoms with Crippen LogP contribution in [0.25, 0.3) is 0 Å². The average Bonchev–Trinajstić information content (AvgIpc) is 3.17. The quantitative estimate of drug-likeness (QED) is 0.674. The van der Waals surface area contributed by atoms with E-state index < -0.39 is 6.10 Å². The van der Waals surface area contributed by atoms with E-state index in [1.54, 1.807) is 0 Å². The van der Waals surface area contributed by atoms with Gasteiger partial charge in [-0.05, 0) is 25.2 Å². The molecule has 0 aromatic heterocycles. The predicted octanol–water partition coefficient (Wildman–Crippen LogP) is 2.10. The van der Waals surface area contributed by atoms with Gasteiger partial charge in [0.15, 0.2) is 0 Å². The first-order chi connectivity index (χ1) is 10.6. The van der Waals surface area contributed by atoms with E-state index in [1.165, 1.54) is 25.7 Å².